The number of carboxylic acids is 1. The highest BCUT2D eigenvalue weighted by atomic mass is 16.4. The standard InChI is InChI=1S/C9H15NO3/c1-6(2)10-7(5-9(12)13)3-4-8(10)11/h6-7H,3-5H2,1-2H3,(H,12,13). The Labute approximate surface area is 77.5 Å². The van der Waals surface area contributed by atoms with E-state index in [-0.39, 0.29) is 24.4 Å². The minimum absolute atomic E-state index is 0.0733. The summed E-state index contributed by atoms with van der Waals surface area (Å²) in [5, 5.41) is 8.62. The molecule has 1 aliphatic heterocycles. The third-order valence-corrected chi connectivity index (χ3v) is 2.34. The lowest BCUT2D eigenvalue weighted by Crippen LogP contribution is -2.39. The third kappa shape index (κ3) is 2.20. The Morgan fingerprint density at radius 1 is 1.69 bits per heavy atom. The summed E-state index contributed by atoms with van der Waals surface area (Å²) in [6.45, 7) is 3.83. The normalized spacial score (nSPS) is 22.8. The van der Waals surface area contributed by atoms with Gasteiger partial charge >= 0.3 is 5.97 Å². The lowest BCUT2D eigenvalue weighted by atomic mass is 10.1. The Kier molecular flexibility index (Phi) is 2.90. The van der Waals surface area contributed by atoms with Crippen LogP contribution in [-0.2, 0) is 9.59 Å². The maximum Gasteiger partial charge on any atom is 0.305 e. The van der Waals surface area contributed by atoms with Crippen LogP contribution in [0.2, 0.25) is 0 Å². The molecule has 1 unspecified atom stereocenters. The highest BCUT2D eigenvalue weighted by molar-refractivity contribution is 5.80. The second kappa shape index (κ2) is 3.77. The summed E-state index contributed by atoms with van der Waals surface area (Å²) in [4.78, 5) is 23.5. The van der Waals surface area contributed by atoms with Crippen molar-refractivity contribution in [3.8, 4) is 0 Å². The van der Waals surface area contributed by atoms with Gasteiger partial charge in [0.15, 0.2) is 0 Å². The Morgan fingerprint density at radius 2 is 2.31 bits per heavy atom. The Hall–Kier alpha value is -1.06. The topological polar surface area (TPSA) is 57.6 Å². The predicted molar refractivity (Wildman–Crippen MR) is 47.3 cm³/mol. The maximum absolute atomic E-state index is 11.3. The van der Waals surface area contributed by atoms with Crippen LogP contribution in [-0.4, -0.2) is 34.0 Å². The van der Waals surface area contributed by atoms with Crippen LogP contribution >= 0.6 is 0 Å². The fourth-order valence-corrected chi connectivity index (χ4v) is 1.87. The SMILES string of the molecule is CC(C)N1C(=O)CCC1CC(=O)O. The molecule has 4 nitrogen and oxygen atoms in total. The van der Waals surface area contributed by atoms with Gasteiger partial charge in [-0.15, -0.1) is 0 Å². The lowest BCUT2D eigenvalue weighted by Gasteiger charge is -2.27. The molecule has 4 heteroatoms. The summed E-state index contributed by atoms with van der Waals surface area (Å²) >= 11 is 0. The van der Waals surface area contributed by atoms with E-state index in [1.807, 2.05) is 13.8 Å². The molecule has 0 aromatic rings. The van der Waals surface area contributed by atoms with E-state index in [0.29, 0.717) is 12.8 Å². The zero-order valence-corrected chi connectivity index (χ0v) is 7.99. The molecule has 0 aromatic carbocycles. The largest absolute Gasteiger partial charge is 0.481 e. The summed E-state index contributed by atoms with van der Waals surface area (Å²) in [6.07, 6.45) is 1.25. The highest BCUT2D eigenvalue weighted by Crippen LogP contribution is 2.23. The number of rotatable bonds is 3. The minimum Gasteiger partial charge on any atom is -0.481 e. The molecule has 13 heavy (non-hydrogen) atoms. The minimum atomic E-state index is -0.828. The summed E-state index contributed by atoms with van der Waals surface area (Å²) in [5.74, 6) is -0.744. The summed E-state index contributed by atoms with van der Waals surface area (Å²) in [5.41, 5.74) is 0. The molecule has 74 valence electrons. The second-order valence-corrected chi connectivity index (χ2v) is 3.69. The molecule has 0 saturated carbocycles. The second-order valence-electron chi connectivity index (χ2n) is 3.69. The molecular weight excluding hydrogens is 170 g/mol. The molecule has 0 aliphatic carbocycles. The van der Waals surface area contributed by atoms with Gasteiger partial charge in [-0.1, -0.05) is 0 Å². The smallest absolute Gasteiger partial charge is 0.305 e. The molecule has 0 radical (unpaired) electrons. The van der Waals surface area contributed by atoms with Crippen molar-refractivity contribution >= 4 is 11.9 Å². The van der Waals surface area contributed by atoms with E-state index in [0.717, 1.165) is 0 Å². The summed E-state index contributed by atoms with van der Waals surface area (Å²) in [7, 11) is 0. The van der Waals surface area contributed by atoms with E-state index in [2.05, 4.69) is 0 Å². The average Bonchev–Trinajstić information content (AvgIpc) is 2.30. The fraction of sp³-hybridized carbons (Fsp3) is 0.778. The number of likely N-dealkylation sites (tertiary alicyclic amines) is 1. The average molecular weight is 185 g/mol. The zero-order valence-electron chi connectivity index (χ0n) is 7.99. The first-order chi connectivity index (χ1) is 6.02. The van der Waals surface area contributed by atoms with Crippen LogP contribution in [0.25, 0.3) is 0 Å². The molecule has 1 aliphatic rings. The van der Waals surface area contributed by atoms with Crippen molar-refractivity contribution < 1.29 is 14.7 Å². The van der Waals surface area contributed by atoms with Gasteiger partial charge in [-0.25, -0.2) is 0 Å². The van der Waals surface area contributed by atoms with Crippen molar-refractivity contribution in [3.05, 3.63) is 0 Å². The zero-order chi connectivity index (χ0) is 10.0. The van der Waals surface area contributed by atoms with Crippen LogP contribution < -0.4 is 0 Å². The quantitative estimate of drug-likeness (QED) is 0.709. The molecule has 0 bridgehead atoms. The number of hydrogen-bond acceptors (Lipinski definition) is 2. The van der Waals surface area contributed by atoms with Crippen LogP contribution in [0, 0.1) is 0 Å². The highest BCUT2D eigenvalue weighted by Gasteiger charge is 2.33. The van der Waals surface area contributed by atoms with Crippen LogP contribution in [0.4, 0.5) is 0 Å². The summed E-state index contributed by atoms with van der Waals surface area (Å²) in [6, 6.07) is 0.0179. The molecule has 0 spiro atoms. The van der Waals surface area contributed by atoms with E-state index >= 15 is 0 Å². The Balaban J connectivity index is 2.64. The lowest BCUT2D eigenvalue weighted by molar-refractivity contribution is -0.139. The van der Waals surface area contributed by atoms with Gasteiger partial charge in [0.2, 0.25) is 5.91 Å². The van der Waals surface area contributed by atoms with Gasteiger partial charge in [0.25, 0.3) is 0 Å². The third-order valence-electron chi connectivity index (χ3n) is 2.34. The number of carbonyl (C=O) groups is 2. The van der Waals surface area contributed by atoms with Crippen molar-refractivity contribution in [2.45, 2.75) is 45.2 Å². The molecule has 1 rings (SSSR count). The molecular formula is C9H15NO3. The molecule has 1 amide bonds. The van der Waals surface area contributed by atoms with Crippen molar-refractivity contribution in [2.75, 3.05) is 0 Å². The predicted octanol–water partition coefficient (Wildman–Crippen LogP) is 0.861. The number of aliphatic carboxylic acids is 1. The molecule has 1 heterocycles. The van der Waals surface area contributed by atoms with Crippen LogP contribution in [0.3, 0.4) is 0 Å². The van der Waals surface area contributed by atoms with Gasteiger partial charge in [0, 0.05) is 18.5 Å². The maximum atomic E-state index is 11.3. The van der Waals surface area contributed by atoms with Crippen molar-refractivity contribution in [2.24, 2.45) is 0 Å². The first kappa shape index (κ1) is 10.0. The molecule has 1 N–H and O–H groups in total. The summed E-state index contributed by atoms with van der Waals surface area (Å²) < 4.78 is 0. The molecule has 1 fully saturated rings. The Bertz CT molecular complexity index is 225. The first-order valence-corrected chi connectivity index (χ1v) is 4.55. The van der Waals surface area contributed by atoms with Crippen molar-refractivity contribution in [1.29, 1.82) is 0 Å². The van der Waals surface area contributed by atoms with Gasteiger partial charge in [-0.2, -0.15) is 0 Å². The monoisotopic (exact) mass is 185 g/mol. The van der Waals surface area contributed by atoms with E-state index in [1.165, 1.54) is 0 Å². The van der Waals surface area contributed by atoms with Crippen molar-refractivity contribution in [3.63, 3.8) is 0 Å². The Morgan fingerprint density at radius 3 is 2.77 bits per heavy atom. The fourth-order valence-electron chi connectivity index (χ4n) is 1.87. The van der Waals surface area contributed by atoms with Gasteiger partial charge < -0.3 is 10.0 Å². The van der Waals surface area contributed by atoms with Gasteiger partial charge in [0.1, 0.15) is 0 Å². The van der Waals surface area contributed by atoms with Crippen LogP contribution in [0.15, 0.2) is 0 Å². The number of carboxylic acid groups (broad SMARTS) is 1. The molecule has 0 aromatic heterocycles. The van der Waals surface area contributed by atoms with Gasteiger partial charge in [0.05, 0.1) is 6.42 Å². The van der Waals surface area contributed by atoms with E-state index in [9.17, 15) is 9.59 Å². The van der Waals surface area contributed by atoms with Crippen molar-refractivity contribution in [1.82, 2.24) is 4.90 Å². The van der Waals surface area contributed by atoms with Crippen LogP contribution in [0.1, 0.15) is 33.1 Å². The van der Waals surface area contributed by atoms with Gasteiger partial charge in [-0.3, -0.25) is 9.59 Å². The molecule has 1 atom stereocenters. The van der Waals surface area contributed by atoms with Crippen LogP contribution in [0.5, 0.6) is 0 Å². The number of hydrogen-bond donors (Lipinski definition) is 1. The van der Waals surface area contributed by atoms with Gasteiger partial charge in [-0.05, 0) is 20.3 Å². The number of carbonyl (C=O) groups excluding carboxylic acids is 1. The van der Waals surface area contributed by atoms with E-state index in [4.69, 9.17) is 5.11 Å². The van der Waals surface area contributed by atoms with E-state index < -0.39 is 5.97 Å². The first-order valence-electron chi connectivity index (χ1n) is 4.55. The number of nitrogens with zero attached hydrogens (tertiary/aromatic N) is 1. The number of amides is 1. The molecule has 1 saturated heterocycles. The van der Waals surface area contributed by atoms with E-state index in [1.54, 1.807) is 4.90 Å².